The van der Waals surface area contributed by atoms with Crippen LogP contribution in [-0.2, 0) is 0 Å². The first-order chi connectivity index (χ1) is 11.0. The smallest absolute Gasteiger partial charge is 0.267 e. The van der Waals surface area contributed by atoms with E-state index in [1.807, 2.05) is 0 Å². The highest BCUT2D eigenvalue weighted by molar-refractivity contribution is 6.31. The van der Waals surface area contributed by atoms with Gasteiger partial charge >= 0.3 is 0 Å². The standard InChI is InChI=1S/C15H10Cl2FN3O2/c16-11-3-1-2-10(6-11)15(22)21-20-14(8-19-23)9-4-5-13(18)12(17)7-9/h1-7H,8H2,(H,21,22). The summed E-state index contributed by atoms with van der Waals surface area (Å²) in [4.78, 5) is 22.5. The molecule has 2 aromatic rings. The molecule has 0 aliphatic rings. The number of carbonyl (C=O) groups is 1. The van der Waals surface area contributed by atoms with E-state index in [1.165, 1.54) is 18.2 Å². The van der Waals surface area contributed by atoms with Gasteiger partial charge in [0.2, 0.25) is 0 Å². The van der Waals surface area contributed by atoms with Crippen LogP contribution in [0, 0.1) is 10.7 Å². The Hall–Kier alpha value is -2.31. The third-order valence-corrected chi connectivity index (χ3v) is 3.37. The molecule has 0 spiro atoms. The molecule has 0 unspecified atom stereocenters. The summed E-state index contributed by atoms with van der Waals surface area (Å²) in [6.45, 7) is -0.308. The van der Waals surface area contributed by atoms with Crippen LogP contribution in [0.15, 0.2) is 52.7 Å². The second-order valence-electron chi connectivity index (χ2n) is 4.43. The van der Waals surface area contributed by atoms with E-state index < -0.39 is 11.7 Å². The van der Waals surface area contributed by atoms with Crippen molar-refractivity contribution in [3.05, 3.63) is 74.4 Å². The third kappa shape index (κ3) is 4.58. The first kappa shape index (κ1) is 17.1. The van der Waals surface area contributed by atoms with E-state index >= 15 is 0 Å². The fraction of sp³-hybridized carbons (Fsp3) is 0.0667. The van der Waals surface area contributed by atoms with Crippen molar-refractivity contribution in [2.24, 2.45) is 10.3 Å². The summed E-state index contributed by atoms with van der Waals surface area (Å²) in [7, 11) is 0. The number of benzene rings is 2. The number of hydrogen-bond donors (Lipinski definition) is 1. The third-order valence-electron chi connectivity index (χ3n) is 2.85. The van der Waals surface area contributed by atoms with Crippen LogP contribution in [0.3, 0.4) is 0 Å². The van der Waals surface area contributed by atoms with Gasteiger partial charge < -0.3 is 0 Å². The zero-order valence-electron chi connectivity index (χ0n) is 11.6. The minimum absolute atomic E-state index is 0.123. The quantitative estimate of drug-likeness (QED) is 0.500. The van der Waals surface area contributed by atoms with Crippen molar-refractivity contribution in [3.8, 4) is 0 Å². The van der Waals surface area contributed by atoms with Crippen LogP contribution in [0.4, 0.5) is 4.39 Å². The molecule has 0 aromatic heterocycles. The monoisotopic (exact) mass is 353 g/mol. The average molecular weight is 354 g/mol. The zero-order valence-corrected chi connectivity index (χ0v) is 13.1. The number of nitrogens with zero attached hydrogens (tertiary/aromatic N) is 2. The largest absolute Gasteiger partial charge is 0.271 e. The number of rotatable bonds is 5. The molecule has 0 aliphatic heterocycles. The second-order valence-corrected chi connectivity index (χ2v) is 5.27. The van der Waals surface area contributed by atoms with Gasteiger partial charge in [-0.15, -0.1) is 0 Å². The van der Waals surface area contributed by atoms with Crippen molar-refractivity contribution in [1.29, 1.82) is 0 Å². The Balaban J connectivity index is 2.23. The first-order valence-electron chi connectivity index (χ1n) is 6.38. The number of amides is 1. The predicted molar refractivity (Wildman–Crippen MR) is 87.5 cm³/mol. The lowest BCUT2D eigenvalue weighted by atomic mass is 10.1. The number of nitroso groups, excluding NO2 is 1. The van der Waals surface area contributed by atoms with E-state index in [9.17, 15) is 14.1 Å². The molecule has 0 aliphatic carbocycles. The molecule has 8 heteroatoms. The molecule has 2 rings (SSSR count). The number of halogens is 3. The molecule has 0 bridgehead atoms. The van der Waals surface area contributed by atoms with Crippen LogP contribution >= 0.6 is 23.2 Å². The van der Waals surface area contributed by atoms with Crippen molar-refractivity contribution in [2.45, 2.75) is 0 Å². The molecule has 0 atom stereocenters. The minimum Gasteiger partial charge on any atom is -0.267 e. The molecule has 0 radical (unpaired) electrons. The number of nitrogens with one attached hydrogen (secondary N) is 1. The molecule has 2 aromatic carbocycles. The summed E-state index contributed by atoms with van der Waals surface area (Å²) < 4.78 is 13.2. The van der Waals surface area contributed by atoms with Gasteiger partial charge in [-0.05, 0) is 36.4 Å². The molecule has 0 fully saturated rings. The Morgan fingerprint density at radius 1 is 1.13 bits per heavy atom. The molecule has 23 heavy (non-hydrogen) atoms. The van der Waals surface area contributed by atoms with E-state index in [4.69, 9.17) is 23.2 Å². The summed E-state index contributed by atoms with van der Waals surface area (Å²) in [5.74, 6) is -1.11. The summed E-state index contributed by atoms with van der Waals surface area (Å²) in [6, 6.07) is 10.1. The van der Waals surface area contributed by atoms with Crippen molar-refractivity contribution in [2.75, 3.05) is 6.54 Å². The van der Waals surface area contributed by atoms with Gasteiger partial charge in [-0.1, -0.05) is 34.4 Å². The normalized spacial score (nSPS) is 11.2. The Bertz CT molecular complexity index is 781. The first-order valence-corrected chi connectivity index (χ1v) is 7.14. The minimum atomic E-state index is -0.600. The molecule has 0 saturated carbocycles. The maximum atomic E-state index is 13.2. The average Bonchev–Trinajstić information content (AvgIpc) is 2.54. The summed E-state index contributed by atoms with van der Waals surface area (Å²) in [5.41, 5.74) is 3.13. The molecule has 0 heterocycles. The second kappa shape index (κ2) is 7.80. The summed E-state index contributed by atoms with van der Waals surface area (Å²) in [5, 5.41) is 6.88. The van der Waals surface area contributed by atoms with Crippen LogP contribution in [0.5, 0.6) is 0 Å². The van der Waals surface area contributed by atoms with Crippen LogP contribution in [0.25, 0.3) is 0 Å². The highest BCUT2D eigenvalue weighted by Gasteiger charge is 2.10. The molecule has 0 saturated heterocycles. The maximum absolute atomic E-state index is 13.2. The zero-order chi connectivity index (χ0) is 16.8. The van der Waals surface area contributed by atoms with Gasteiger partial charge in [0, 0.05) is 16.1 Å². The van der Waals surface area contributed by atoms with Gasteiger partial charge in [-0.25, -0.2) is 9.82 Å². The lowest BCUT2D eigenvalue weighted by Gasteiger charge is -2.05. The molecular weight excluding hydrogens is 344 g/mol. The molecule has 118 valence electrons. The van der Waals surface area contributed by atoms with Crippen LogP contribution in [-0.4, -0.2) is 18.2 Å². The van der Waals surface area contributed by atoms with Gasteiger partial charge in [0.05, 0.1) is 10.7 Å². The van der Waals surface area contributed by atoms with Gasteiger partial charge in [0.1, 0.15) is 12.4 Å². The van der Waals surface area contributed by atoms with Crippen LogP contribution < -0.4 is 5.43 Å². The van der Waals surface area contributed by atoms with Crippen molar-refractivity contribution < 1.29 is 9.18 Å². The summed E-state index contributed by atoms with van der Waals surface area (Å²) >= 11 is 11.5. The van der Waals surface area contributed by atoms with E-state index in [0.29, 0.717) is 16.1 Å². The van der Waals surface area contributed by atoms with Gasteiger partial charge in [0.25, 0.3) is 5.91 Å². The number of hydrogen-bond acceptors (Lipinski definition) is 4. The summed E-state index contributed by atoms with van der Waals surface area (Å²) in [6.07, 6.45) is 0. The molecular formula is C15H10Cl2FN3O2. The Morgan fingerprint density at radius 3 is 2.57 bits per heavy atom. The SMILES string of the molecule is O=NCC(=NNC(=O)c1cccc(Cl)c1)c1ccc(F)c(Cl)c1. The lowest BCUT2D eigenvalue weighted by molar-refractivity contribution is 0.0955. The molecule has 5 nitrogen and oxygen atoms in total. The van der Waals surface area contributed by atoms with Crippen molar-refractivity contribution in [3.63, 3.8) is 0 Å². The van der Waals surface area contributed by atoms with Gasteiger partial charge in [0.15, 0.2) is 0 Å². The Morgan fingerprint density at radius 2 is 1.91 bits per heavy atom. The van der Waals surface area contributed by atoms with Crippen molar-refractivity contribution in [1.82, 2.24) is 5.43 Å². The highest BCUT2D eigenvalue weighted by Crippen LogP contribution is 2.17. The molecule has 1 amide bonds. The highest BCUT2D eigenvalue weighted by atomic mass is 35.5. The van der Waals surface area contributed by atoms with E-state index in [0.717, 1.165) is 6.07 Å². The topological polar surface area (TPSA) is 70.9 Å². The van der Waals surface area contributed by atoms with Crippen LogP contribution in [0.2, 0.25) is 10.0 Å². The van der Waals surface area contributed by atoms with Gasteiger partial charge in [-0.2, -0.15) is 10.0 Å². The van der Waals surface area contributed by atoms with E-state index in [-0.39, 0.29) is 17.3 Å². The number of carbonyl (C=O) groups excluding carboxylic acids is 1. The molecule has 1 N–H and O–H groups in total. The lowest BCUT2D eigenvalue weighted by Crippen LogP contribution is -2.21. The Kier molecular flexibility index (Phi) is 5.78. The van der Waals surface area contributed by atoms with E-state index in [1.54, 1.807) is 18.2 Å². The number of hydrazone groups is 1. The predicted octanol–water partition coefficient (Wildman–Crippen LogP) is 4.03. The van der Waals surface area contributed by atoms with Crippen molar-refractivity contribution >= 4 is 34.8 Å². The Labute approximate surface area is 141 Å². The maximum Gasteiger partial charge on any atom is 0.271 e. The van der Waals surface area contributed by atoms with E-state index in [2.05, 4.69) is 15.7 Å². The van der Waals surface area contributed by atoms with Gasteiger partial charge in [-0.3, -0.25) is 4.79 Å². The fourth-order valence-electron chi connectivity index (χ4n) is 1.74. The van der Waals surface area contributed by atoms with Crippen LogP contribution in [0.1, 0.15) is 15.9 Å². The fourth-order valence-corrected chi connectivity index (χ4v) is 2.11.